The highest BCUT2D eigenvalue weighted by Crippen LogP contribution is 2.32. The Morgan fingerprint density at radius 1 is 1.18 bits per heavy atom. The van der Waals surface area contributed by atoms with Crippen molar-refractivity contribution < 1.29 is 33.7 Å². The molecule has 3 N–H and O–H groups in total. The fraction of sp³-hybridized carbons (Fsp3) is 0.250. The quantitative estimate of drug-likeness (QED) is 0.319. The van der Waals surface area contributed by atoms with E-state index in [0.29, 0.717) is 22.2 Å². The van der Waals surface area contributed by atoms with E-state index in [1.165, 1.54) is 19.2 Å². The lowest BCUT2D eigenvalue weighted by atomic mass is 10.1. The summed E-state index contributed by atoms with van der Waals surface area (Å²) in [5.74, 6) is -0.570. The summed E-state index contributed by atoms with van der Waals surface area (Å²) in [6.07, 6.45) is -0.0738. The van der Waals surface area contributed by atoms with Crippen molar-refractivity contribution in [2.45, 2.75) is 33.3 Å². The number of carbonyl (C=O) groups excluding carboxylic acids is 2. The molecular formula is C24H27N3O7. The van der Waals surface area contributed by atoms with Gasteiger partial charge in [0.2, 0.25) is 5.88 Å². The Morgan fingerprint density at radius 2 is 1.82 bits per heavy atom. The smallest absolute Gasteiger partial charge is 0.432 e. The molecule has 0 saturated heterocycles. The summed E-state index contributed by atoms with van der Waals surface area (Å²) in [7, 11) is 1.27. The van der Waals surface area contributed by atoms with Crippen LogP contribution in [0.5, 0.6) is 11.6 Å². The second-order valence-corrected chi connectivity index (χ2v) is 8.03. The van der Waals surface area contributed by atoms with Gasteiger partial charge >= 0.3 is 18.0 Å². The summed E-state index contributed by atoms with van der Waals surface area (Å²) in [5.41, 5.74) is 7.10. The lowest BCUT2D eigenvalue weighted by molar-refractivity contribution is -0.148. The molecule has 1 aromatic heterocycles. The van der Waals surface area contributed by atoms with E-state index >= 15 is 0 Å². The van der Waals surface area contributed by atoms with E-state index in [4.69, 9.17) is 19.9 Å². The maximum atomic E-state index is 11.9. The molecule has 2 aromatic carbocycles. The Bertz CT molecular complexity index is 1240. The van der Waals surface area contributed by atoms with Gasteiger partial charge in [-0.05, 0) is 51.5 Å². The monoisotopic (exact) mass is 469 g/mol. The highest BCUT2D eigenvalue weighted by atomic mass is 16.6. The molecule has 0 spiro atoms. The standard InChI is InChI=1S/C17H15N3O5.C7H12O2/c1-9-12(16(21)24-2)7-10(8-13(9)18)25-15-11-5-3-4-6-14(11)20(19-15)17(22)23;1-5-6(8)9-7(2,3)4/h3-8H,18H2,1-2H3,(H,22,23);5H,1H2,2-4H3. The first-order chi connectivity index (χ1) is 15.9. The van der Waals surface area contributed by atoms with Crippen LogP contribution in [0.4, 0.5) is 10.5 Å². The summed E-state index contributed by atoms with van der Waals surface area (Å²) in [5, 5.41) is 13.7. The van der Waals surface area contributed by atoms with Crippen LogP contribution in [-0.2, 0) is 14.3 Å². The van der Waals surface area contributed by atoms with Crippen LogP contribution < -0.4 is 10.5 Å². The molecule has 10 nitrogen and oxygen atoms in total. The van der Waals surface area contributed by atoms with Gasteiger partial charge in [0.25, 0.3) is 0 Å². The molecule has 0 aliphatic rings. The first-order valence-electron chi connectivity index (χ1n) is 10.1. The maximum Gasteiger partial charge on any atom is 0.432 e. The molecule has 0 atom stereocenters. The zero-order valence-corrected chi connectivity index (χ0v) is 19.6. The van der Waals surface area contributed by atoms with Gasteiger partial charge < -0.3 is 25.1 Å². The van der Waals surface area contributed by atoms with E-state index < -0.39 is 17.7 Å². The largest absolute Gasteiger partial charge is 0.465 e. The first-order valence-corrected chi connectivity index (χ1v) is 10.1. The summed E-state index contributed by atoms with van der Waals surface area (Å²) >= 11 is 0. The van der Waals surface area contributed by atoms with Crippen molar-refractivity contribution in [2.24, 2.45) is 0 Å². The topological polar surface area (TPSA) is 143 Å². The molecule has 0 fully saturated rings. The molecule has 34 heavy (non-hydrogen) atoms. The molecule has 0 aliphatic carbocycles. The summed E-state index contributed by atoms with van der Waals surface area (Å²) < 4.78 is 16.1. The third kappa shape index (κ3) is 6.35. The number of esters is 2. The number of para-hydroxylation sites is 1. The molecule has 180 valence electrons. The number of hydrogen-bond donors (Lipinski definition) is 2. The molecule has 0 saturated carbocycles. The predicted octanol–water partition coefficient (Wildman–Crippen LogP) is 4.55. The van der Waals surface area contributed by atoms with Crippen LogP contribution in [0.3, 0.4) is 0 Å². The van der Waals surface area contributed by atoms with Gasteiger partial charge in [0.1, 0.15) is 11.4 Å². The van der Waals surface area contributed by atoms with Crippen molar-refractivity contribution in [1.82, 2.24) is 9.78 Å². The van der Waals surface area contributed by atoms with Crippen molar-refractivity contribution in [3.8, 4) is 11.6 Å². The molecule has 0 aliphatic heterocycles. The number of carboxylic acid groups (broad SMARTS) is 1. The predicted molar refractivity (Wildman–Crippen MR) is 126 cm³/mol. The van der Waals surface area contributed by atoms with Crippen LogP contribution in [0.1, 0.15) is 36.7 Å². The van der Waals surface area contributed by atoms with Crippen molar-refractivity contribution in [1.29, 1.82) is 0 Å². The highest BCUT2D eigenvalue weighted by molar-refractivity contribution is 5.94. The third-order valence-corrected chi connectivity index (χ3v) is 4.35. The van der Waals surface area contributed by atoms with Crippen LogP contribution in [0.2, 0.25) is 0 Å². The van der Waals surface area contributed by atoms with E-state index in [9.17, 15) is 19.5 Å². The minimum atomic E-state index is -1.23. The number of anilines is 1. The number of ether oxygens (including phenoxy) is 3. The molecular weight excluding hydrogens is 442 g/mol. The number of nitrogens with zero attached hydrogens (tertiary/aromatic N) is 2. The van der Waals surface area contributed by atoms with Crippen molar-refractivity contribution in [3.05, 3.63) is 60.2 Å². The van der Waals surface area contributed by atoms with E-state index in [2.05, 4.69) is 11.7 Å². The van der Waals surface area contributed by atoms with Gasteiger partial charge in [0.05, 0.1) is 23.6 Å². The minimum Gasteiger partial charge on any atom is -0.465 e. The van der Waals surface area contributed by atoms with Gasteiger partial charge in [0, 0.05) is 17.8 Å². The fourth-order valence-electron chi connectivity index (χ4n) is 2.80. The first kappa shape index (κ1) is 25.9. The Hall–Kier alpha value is -4.34. The number of hydrogen-bond acceptors (Lipinski definition) is 8. The average molecular weight is 469 g/mol. The van der Waals surface area contributed by atoms with E-state index in [-0.39, 0.29) is 23.2 Å². The lowest BCUT2D eigenvalue weighted by Gasteiger charge is -2.17. The van der Waals surface area contributed by atoms with Crippen LogP contribution >= 0.6 is 0 Å². The number of nitrogen functional groups attached to an aromatic ring is 1. The number of nitrogens with two attached hydrogens (primary N) is 1. The number of benzene rings is 2. The summed E-state index contributed by atoms with van der Waals surface area (Å²) in [6.45, 7) is 10.4. The van der Waals surface area contributed by atoms with Crippen molar-refractivity contribution in [3.63, 3.8) is 0 Å². The van der Waals surface area contributed by atoms with E-state index in [1.807, 2.05) is 20.8 Å². The van der Waals surface area contributed by atoms with Gasteiger partial charge in [-0.15, -0.1) is 5.10 Å². The van der Waals surface area contributed by atoms with E-state index in [1.54, 1.807) is 31.2 Å². The van der Waals surface area contributed by atoms with E-state index in [0.717, 1.165) is 10.8 Å². The van der Waals surface area contributed by atoms with Crippen molar-refractivity contribution >= 4 is 34.6 Å². The summed E-state index contributed by atoms with van der Waals surface area (Å²) in [4.78, 5) is 33.7. The van der Waals surface area contributed by atoms with Gasteiger partial charge in [-0.1, -0.05) is 18.7 Å². The highest BCUT2D eigenvalue weighted by Gasteiger charge is 2.18. The Morgan fingerprint density at radius 3 is 2.35 bits per heavy atom. The molecule has 3 rings (SSSR count). The second kappa shape index (κ2) is 10.5. The third-order valence-electron chi connectivity index (χ3n) is 4.35. The second-order valence-electron chi connectivity index (χ2n) is 8.03. The Kier molecular flexibility index (Phi) is 8.02. The normalized spacial score (nSPS) is 10.6. The zero-order chi connectivity index (χ0) is 25.6. The van der Waals surface area contributed by atoms with Crippen molar-refractivity contribution in [2.75, 3.05) is 12.8 Å². The molecule has 0 amide bonds. The van der Waals surface area contributed by atoms with Gasteiger partial charge in [0.15, 0.2) is 0 Å². The zero-order valence-electron chi connectivity index (χ0n) is 19.6. The van der Waals surface area contributed by atoms with Gasteiger partial charge in [-0.25, -0.2) is 14.4 Å². The van der Waals surface area contributed by atoms with Gasteiger partial charge in [-0.2, -0.15) is 4.68 Å². The summed E-state index contributed by atoms with van der Waals surface area (Å²) in [6, 6.07) is 9.77. The fourth-order valence-corrected chi connectivity index (χ4v) is 2.80. The molecule has 1 heterocycles. The minimum absolute atomic E-state index is 0.0945. The van der Waals surface area contributed by atoms with Crippen LogP contribution in [0.25, 0.3) is 10.9 Å². The molecule has 0 radical (unpaired) electrons. The number of methoxy groups -OCH3 is 1. The molecule has 0 unspecified atom stereocenters. The Labute approximate surface area is 196 Å². The van der Waals surface area contributed by atoms with Crippen LogP contribution in [-0.4, -0.2) is 45.6 Å². The number of carbonyl (C=O) groups is 3. The number of fused-ring (bicyclic) bond motifs is 1. The lowest BCUT2D eigenvalue weighted by Crippen LogP contribution is -2.22. The maximum absolute atomic E-state index is 11.9. The molecule has 0 bridgehead atoms. The molecule has 10 heteroatoms. The van der Waals surface area contributed by atoms with Crippen LogP contribution in [0, 0.1) is 6.92 Å². The van der Waals surface area contributed by atoms with Crippen LogP contribution in [0.15, 0.2) is 49.1 Å². The average Bonchev–Trinajstić information content (AvgIpc) is 3.13. The SMILES string of the molecule is C=CC(=O)OC(C)(C)C.COC(=O)c1cc(Oc2nn(C(=O)O)c3ccccc23)cc(N)c1C. The van der Waals surface area contributed by atoms with Gasteiger partial charge in [-0.3, -0.25) is 0 Å². The number of rotatable bonds is 4. The Balaban J connectivity index is 0.000000387. The molecule has 3 aromatic rings. The number of aromatic nitrogens is 2.